The van der Waals surface area contributed by atoms with Crippen LogP contribution < -0.4 is 15.8 Å². The Kier molecular flexibility index (Phi) is 6.52. The SMILES string of the molecule is COc1cc(CCNC(=O)[C@@H](N)CC(C)C)ccc1C. The molecule has 0 aromatic heterocycles. The molecule has 0 bridgehead atoms. The molecule has 0 radical (unpaired) electrons. The predicted octanol–water partition coefficient (Wildman–Crippen LogP) is 2.04. The maximum atomic E-state index is 11.8. The lowest BCUT2D eigenvalue weighted by atomic mass is 10.0. The molecule has 1 aromatic rings. The highest BCUT2D eigenvalue weighted by Crippen LogP contribution is 2.18. The highest BCUT2D eigenvalue weighted by molar-refractivity contribution is 5.81. The van der Waals surface area contributed by atoms with Crippen LogP contribution in [0, 0.1) is 12.8 Å². The van der Waals surface area contributed by atoms with Gasteiger partial charge in [0.1, 0.15) is 5.75 Å². The first-order valence-corrected chi connectivity index (χ1v) is 7.10. The van der Waals surface area contributed by atoms with Gasteiger partial charge in [-0.05, 0) is 42.9 Å². The standard InChI is InChI=1S/C16H26N2O2/c1-11(2)9-14(17)16(19)18-8-7-13-6-5-12(3)15(10-13)20-4/h5-6,10-11,14H,7-9,17H2,1-4H3,(H,18,19)/t14-/m0/s1. The molecular formula is C16H26N2O2. The second-order valence-electron chi connectivity index (χ2n) is 5.58. The minimum absolute atomic E-state index is 0.0715. The van der Waals surface area contributed by atoms with E-state index in [1.807, 2.05) is 19.1 Å². The summed E-state index contributed by atoms with van der Waals surface area (Å²) in [6.07, 6.45) is 1.49. The van der Waals surface area contributed by atoms with Crippen molar-refractivity contribution in [3.63, 3.8) is 0 Å². The van der Waals surface area contributed by atoms with Crippen molar-refractivity contribution in [2.45, 2.75) is 39.7 Å². The maximum absolute atomic E-state index is 11.8. The van der Waals surface area contributed by atoms with Gasteiger partial charge in [0.2, 0.25) is 5.91 Å². The van der Waals surface area contributed by atoms with E-state index in [1.165, 1.54) is 0 Å². The van der Waals surface area contributed by atoms with Crippen LogP contribution in [0.1, 0.15) is 31.4 Å². The van der Waals surface area contributed by atoms with Crippen molar-refractivity contribution < 1.29 is 9.53 Å². The number of nitrogens with one attached hydrogen (secondary N) is 1. The number of hydrogen-bond donors (Lipinski definition) is 2. The molecule has 0 unspecified atom stereocenters. The van der Waals surface area contributed by atoms with E-state index in [4.69, 9.17) is 10.5 Å². The molecule has 3 N–H and O–H groups in total. The van der Waals surface area contributed by atoms with Crippen LogP contribution in [-0.2, 0) is 11.2 Å². The Bertz CT molecular complexity index is 444. The average molecular weight is 278 g/mol. The van der Waals surface area contributed by atoms with Gasteiger partial charge in [0, 0.05) is 6.54 Å². The Labute approximate surface area is 121 Å². The molecule has 0 fully saturated rings. The maximum Gasteiger partial charge on any atom is 0.236 e. The normalized spacial score (nSPS) is 12.3. The van der Waals surface area contributed by atoms with Crippen molar-refractivity contribution in [3.8, 4) is 5.75 Å². The molecule has 112 valence electrons. The monoisotopic (exact) mass is 278 g/mol. The van der Waals surface area contributed by atoms with E-state index in [9.17, 15) is 4.79 Å². The van der Waals surface area contributed by atoms with Crippen molar-refractivity contribution >= 4 is 5.91 Å². The topological polar surface area (TPSA) is 64.3 Å². The number of rotatable bonds is 7. The third-order valence-corrected chi connectivity index (χ3v) is 3.25. The van der Waals surface area contributed by atoms with Crippen molar-refractivity contribution in [3.05, 3.63) is 29.3 Å². The molecular weight excluding hydrogens is 252 g/mol. The summed E-state index contributed by atoms with van der Waals surface area (Å²) in [6, 6.07) is 5.68. The number of aryl methyl sites for hydroxylation is 1. The van der Waals surface area contributed by atoms with E-state index < -0.39 is 6.04 Å². The number of carbonyl (C=O) groups excluding carboxylic acids is 1. The van der Waals surface area contributed by atoms with Gasteiger partial charge in [0.05, 0.1) is 13.2 Å². The van der Waals surface area contributed by atoms with Gasteiger partial charge in [-0.2, -0.15) is 0 Å². The van der Waals surface area contributed by atoms with Crippen LogP contribution in [0.25, 0.3) is 0 Å². The Morgan fingerprint density at radius 2 is 2.10 bits per heavy atom. The van der Waals surface area contributed by atoms with Crippen LogP contribution in [0.3, 0.4) is 0 Å². The number of nitrogens with two attached hydrogens (primary N) is 1. The summed E-state index contributed by atoms with van der Waals surface area (Å²) < 4.78 is 5.29. The van der Waals surface area contributed by atoms with Crippen LogP contribution in [0.2, 0.25) is 0 Å². The molecule has 0 aliphatic rings. The van der Waals surface area contributed by atoms with E-state index in [0.29, 0.717) is 18.9 Å². The predicted molar refractivity (Wildman–Crippen MR) is 81.9 cm³/mol. The first-order valence-electron chi connectivity index (χ1n) is 7.10. The van der Waals surface area contributed by atoms with E-state index in [2.05, 4.69) is 25.2 Å². The lowest BCUT2D eigenvalue weighted by molar-refractivity contribution is -0.122. The van der Waals surface area contributed by atoms with Gasteiger partial charge in [-0.3, -0.25) is 4.79 Å². The molecule has 4 heteroatoms. The fourth-order valence-electron chi connectivity index (χ4n) is 2.10. The van der Waals surface area contributed by atoms with Gasteiger partial charge >= 0.3 is 0 Å². The molecule has 0 heterocycles. The zero-order chi connectivity index (χ0) is 15.1. The summed E-state index contributed by atoms with van der Waals surface area (Å²) in [5.74, 6) is 1.24. The van der Waals surface area contributed by atoms with E-state index >= 15 is 0 Å². The Morgan fingerprint density at radius 3 is 2.70 bits per heavy atom. The Morgan fingerprint density at radius 1 is 1.40 bits per heavy atom. The highest BCUT2D eigenvalue weighted by atomic mass is 16.5. The minimum atomic E-state index is -0.414. The third kappa shape index (κ3) is 5.21. The molecule has 1 aromatic carbocycles. The van der Waals surface area contributed by atoms with Crippen LogP contribution in [0.4, 0.5) is 0 Å². The molecule has 0 saturated heterocycles. The van der Waals surface area contributed by atoms with Gasteiger partial charge < -0.3 is 15.8 Å². The summed E-state index contributed by atoms with van der Waals surface area (Å²) >= 11 is 0. The fourth-order valence-corrected chi connectivity index (χ4v) is 2.10. The molecule has 20 heavy (non-hydrogen) atoms. The molecule has 1 atom stereocenters. The van der Waals surface area contributed by atoms with Gasteiger partial charge in [-0.25, -0.2) is 0 Å². The number of amides is 1. The number of benzene rings is 1. The third-order valence-electron chi connectivity index (χ3n) is 3.25. The lowest BCUT2D eigenvalue weighted by Gasteiger charge is -2.14. The largest absolute Gasteiger partial charge is 0.496 e. The summed E-state index contributed by atoms with van der Waals surface area (Å²) in [6.45, 7) is 6.73. The smallest absolute Gasteiger partial charge is 0.236 e. The van der Waals surface area contributed by atoms with Crippen molar-refractivity contribution in [1.82, 2.24) is 5.32 Å². The zero-order valence-corrected chi connectivity index (χ0v) is 12.9. The Balaban J connectivity index is 2.42. The number of hydrogen-bond acceptors (Lipinski definition) is 3. The number of carbonyl (C=O) groups is 1. The van der Waals surface area contributed by atoms with Crippen LogP contribution in [0.15, 0.2) is 18.2 Å². The highest BCUT2D eigenvalue weighted by Gasteiger charge is 2.14. The molecule has 0 spiro atoms. The van der Waals surface area contributed by atoms with Crippen molar-refractivity contribution in [2.75, 3.05) is 13.7 Å². The lowest BCUT2D eigenvalue weighted by Crippen LogP contribution is -2.42. The molecule has 4 nitrogen and oxygen atoms in total. The van der Waals surface area contributed by atoms with Crippen LogP contribution in [-0.4, -0.2) is 25.6 Å². The summed E-state index contributed by atoms with van der Waals surface area (Å²) in [4.78, 5) is 11.8. The summed E-state index contributed by atoms with van der Waals surface area (Å²) in [5, 5.41) is 2.88. The quantitative estimate of drug-likeness (QED) is 0.802. The van der Waals surface area contributed by atoms with Gasteiger partial charge in [-0.1, -0.05) is 26.0 Å². The van der Waals surface area contributed by atoms with Crippen LogP contribution >= 0.6 is 0 Å². The average Bonchev–Trinajstić information content (AvgIpc) is 2.39. The second kappa shape index (κ2) is 7.90. The molecule has 0 saturated carbocycles. The van der Waals surface area contributed by atoms with Crippen molar-refractivity contribution in [2.24, 2.45) is 11.7 Å². The first-order chi connectivity index (χ1) is 9.43. The zero-order valence-electron chi connectivity index (χ0n) is 12.9. The molecule has 1 amide bonds. The summed E-state index contributed by atoms with van der Waals surface area (Å²) in [5.41, 5.74) is 8.09. The van der Waals surface area contributed by atoms with Gasteiger partial charge in [0.25, 0.3) is 0 Å². The van der Waals surface area contributed by atoms with E-state index in [1.54, 1.807) is 7.11 Å². The van der Waals surface area contributed by atoms with E-state index in [-0.39, 0.29) is 5.91 Å². The van der Waals surface area contributed by atoms with Gasteiger partial charge in [-0.15, -0.1) is 0 Å². The first kappa shape index (κ1) is 16.5. The molecule has 0 aliphatic carbocycles. The molecule has 0 aliphatic heterocycles. The fraction of sp³-hybridized carbons (Fsp3) is 0.562. The van der Waals surface area contributed by atoms with Crippen molar-refractivity contribution in [1.29, 1.82) is 0 Å². The van der Waals surface area contributed by atoms with Gasteiger partial charge in [0.15, 0.2) is 0 Å². The summed E-state index contributed by atoms with van der Waals surface area (Å²) in [7, 11) is 1.67. The molecule has 1 rings (SSSR count). The Hall–Kier alpha value is -1.55. The van der Waals surface area contributed by atoms with E-state index in [0.717, 1.165) is 23.3 Å². The second-order valence-corrected chi connectivity index (χ2v) is 5.58. The number of ether oxygens (including phenoxy) is 1. The number of methoxy groups -OCH3 is 1. The minimum Gasteiger partial charge on any atom is -0.496 e. The van der Waals surface area contributed by atoms with Crippen LogP contribution in [0.5, 0.6) is 5.75 Å².